The van der Waals surface area contributed by atoms with Crippen LogP contribution in [0.2, 0.25) is 5.02 Å². The van der Waals surface area contributed by atoms with Gasteiger partial charge in [-0.2, -0.15) is 0 Å². The smallest absolute Gasteiger partial charge is 0.335 e. The number of carboxylic acid groups (broad SMARTS) is 1. The maximum Gasteiger partial charge on any atom is 0.335 e. The van der Waals surface area contributed by atoms with E-state index in [1.54, 1.807) is 0 Å². The number of methoxy groups -OCH3 is 1. The summed E-state index contributed by atoms with van der Waals surface area (Å²) in [5, 5.41) is 11.8. The van der Waals surface area contributed by atoms with Gasteiger partial charge in [0.2, 0.25) is 0 Å². The summed E-state index contributed by atoms with van der Waals surface area (Å²) in [6, 6.07) is 6.36. The summed E-state index contributed by atoms with van der Waals surface area (Å²) in [6.45, 7) is 3.57. The van der Waals surface area contributed by atoms with Gasteiger partial charge in [0.1, 0.15) is 5.75 Å². The van der Waals surface area contributed by atoms with Crippen LogP contribution in [-0.4, -0.2) is 30.7 Å². The Morgan fingerprint density at radius 1 is 1.19 bits per heavy atom. The number of rotatable bonds is 6. The van der Waals surface area contributed by atoms with Gasteiger partial charge in [-0.25, -0.2) is 4.79 Å². The van der Waals surface area contributed by atoms with E-state index in [9.17, 15) is 9.59 Å². The monoisotopic (exact) mass is 441 g/mol. The zero-order chi connectivity index (χ0) is 19.4. The first kappa shape index (κ1) is 20.1. The lowest BCUT2D eigenvalue weighted by Gasteiger charge is -2.14. The molecule has 2 aromatic rings. The van der Waals surface area contributed by atoms with Gasteiger partial charge in [0.15, 0.2) is 12.4 Å². The quantitative estimate of drug-likeness (QED) is 0.691. The molecule has 0 bridgehead atoms. The summed E-state index contributed by atoms with van der Waals surface area (Å²) in [7, 11) is 1.38. The maximum absolute atomic E-state index is 12.2. The molecule has 0 atom stereocenters. The van der Waals surface area contributed by atoms with Crippen LogP contribution in [-0.2, 0) is 4.79 Å². The molecule has 0 heterocycles. The summed E-state index contributed by atoms with van der Waals surface area (Å²) < 4.78 is 11.5. The van der Waals surface area contributed by atoms with Gasteiger partial charge in [0, 0.05) is 0 Å². The predicted octanol–water partition coefficient (Wildman–Crippen LogP) is 4.44. The van der Waals surface area contributed by atoms with Crippen LogP contribution >= 0.6 is 27.5 Å². The SMILES string of the molecule is COc1c(Cl)cc(C(=O)O)cc1NC(=O)COc1c(C)cc(C)cc1Br. The molecule has 8 heteroatoms. The topological polar surface area (TPSA) is 84.9 Å². The number of carbonyl (C=O) groups excluding carboxylic acids is 1. The van der Waals surface area contributed by atoms with Gasteiger partial charge in [-0.3, -0.25) is 4.79 Å². The molecule has 1 amide bonds. The number of amides is 1. The summed E-state index contributed by atoms with van der Waals surface area (Å²) in [4.78, 5) is 23.4. The van der Waals surface area contributed by atoms with Crippen LogP contribution in [0.3, 0.4) is 0 Å². The number of ether oxygens (including phenoxy) is 2. The second-order valence-corrected chi connectivity index (χ2v) is 6.84. The number of anilines is 1. The van der Waals surface area contributed by atoms with Crippen LogP contribution in [0.1, 0.15) is 21.5 Å². The van der Waals surface area contributed by atoms with E-state index in [0.29, 0.717) is 5.75 Å². The van der Waals surface area contributed by atoms with Gasteiger partial charge >= 0.3 is 5.97 Å². The summed E-state index contributed by atoms with van der Waals surface area (Å²) >= 11 is 9.43. The van der Waals surface area contributed by atoms with Crippen LogP contribution in [0.5, 0.6) is 11.5 Å². The fraction of sp³-hybridized carbons (Fsp3) is 0.222. The number of nitrogens with one attached hydrogen (secondary N) is 1. The molecular formula is C18H17BrClNO5. The van der Waals surface area contributed by atoms with Crippen molar-refractivity contribution < 1.29 is 24.2 Å². The minimum absolute atomic E-state index is 0.0656. The van der Waals surface area contributed by atoms with Crippen molar-refractivity contribution in [3.05, 3.63) is 50.5 Å². The highest BCUT2D eigenvalue weighted by Gasteiger charge is 2.17. The summed E-state index contributed by atoms with van der Waals surface area (Å²) in [6.07, 6.45) is 0. The number of aryl methyl sites for hydroxylation is 2. The van der Waals surface area contributed by atoms with Crippen molar-refractivity contribution >= 4 is 45.1 Å². The molecule has 0 unspecified atom stereocenters. The number of hydrogen-bond donors (Lipinski definition) is 2. The van der Waals surface area contributed by atoms with Crippen LogP contribution in [0, 0.1) is 13.8 Å². The second kappa shape index (κ2) is 8.42. The van der Waals surface area contributed by atoms with Crippen LogP contribution in [0.15, 0.2) is 28.7 Å². The number of carbonyl (C=O) groups is 2. The van der Waals surface area contributed by atoms with E-state index in [1.165, 1.54) is 19.2 Å². The third kappa shape index (κ3) is 4.68. The molecule has 0 aliphatic heterocycles. The van der Waals surface area contributed by atoms with Crippen molar-refractivity contribution in [3.8, 4) is 11.5 Å². The van der Waals surface area contributed by atoms with E-state index >= 15 is 0 Å². The Morgan fingerprint density at radius 2 is 1.88 bits per heavy atom. The Morgan fingerprint density at radius 3 is 2.46 bits per heavy atom. The molecule has 138 valence electrons. The van der Waals surface area contributed by atoms with E-state index in [1.807, 2.05) is 26.0 Å². The lowest BCUT2D eigenvalue weighted by molar-refractivity contribution is -0.118. The van der Waals surface area contributed by atoms with Crippen LogP contribution in [0.25, 0.3) is 0 Å². The number of aromatic carboxylic acids is 1. The highest BCUT2D eigenvalue weighted by Crippen LogP contribution is 2.34. The number of carboxylic acids is 1. The summed E-state index contributed by atoms with van der Waals surface area (Å²) in [5.41, 5.74) is 2.05. The molecular weight excluding hydrogens is 426 g/mol. The Hall–Kier alpha value is -2.25. The van der Waals surface area contributed by atoms with E-state index in [4.69, 9.17) is 26.2 Å². The van der Waals surface area contributed by atoms with Gasteiger partial charge in [0.25, 0.3) is 5.91 Å². The number of benzene rings is 2. The van der Waals surface area contributed by atoms with Gasteiger partial charge in [-0.1, -0.05) is 17.7 Å². The molecule has 0 radical (unpaired) electrons. The van der Waals surface area contributed by atoms with Crippen molar-refractivity contribution in [1.82, 2.24) is 0 Å². The van der Waals surface area contributed by atoms with Crippen molar-refractivity contribution in [2.45, 2.75) is 13.8 Å². The minimum atomic E-state index is -1.17. The van der Waals surface area contributed by atoms with Gasteiger partial charge in [-0.15, -0.1) is 0 Å². The lowest BCUT2D eigenvalue weighted by Crippen LogP contribution is -2.21. The van der Waals surface area contributed by atoms with Crippen molar-refractivity contribution in [1.29, 1.82) is 0 Å². The molecule has 2 aromatic carbocycles. The third-order valence-corrected chi connectivity index (χ3v) is 4.36. The van der Waals surface area contributed by atoms with Crippen molar-refractivity contribution in [2.24, 2.45) is 0 Å². The Labute approximate surface area is 164 Å². The minimum Gasteiger partial charge on any atom is -0.493 e. The third-order valence-electron chi connectivity index (χ3n) is 3.49. The first-order valence-electron chi connectivity index (χ1n) is 7.53. The van der Waals surface area contributed by atoms with Crippen LogP contribution in [0.4, 0.5) is 5.69 Å². The molecule has 26 heavy (non-hydrogen) atoms. The molecule has 0 spiro atoms. The zero-order valence-corrected chi connectivity index (χ0v) is 16.7. The maximum atomic E-state index is 12.2. The number of hydrogen-bond acceptors (Lipinski definition) is 4. The molecule has 2 rings (SSSR count). The van der Waals surface area contributed by atoms with Gasteiger partial charge < -0.3 is 19.9 Å². The molecule has 6 nitrogen and oxygen atoms in total. The first-order chi connectivity index (χ1) is 12.2. The predicted molar refractivity (Wildman–Crippen MR) is 103 cm³/mol. The average Bonchev–Trinajstić information content (AvgIpc) is 2.53. The van der Waals surface area contributed by atoms with E-state index in [2.05, 4.69) is 21.2 Å². The highest BCUT2D eigenvalue weighted by atomic mass is 79.9. The van der Waals surface area contributed by atoms with E-state index in [0.717, 1.165) is 15.6 Å². The molecule has 0 aliphatic rings. The molecule has 0 fully saturated rings. The van der Waals surface area contributed by atoms with Crippen molar-refractivity contribution in [2.75, 3.05) is 19.0 Å². The standard InChI is InChI=1S/C18H17BrClNO5/c1-9-4-10(2)16(12(19)5-9)26-8-15(22)21-14-7-11(18(23)24)6-13(20)17(14)25-3/h4-7H,8H2,1-3H3,(H,21,22)(H,23,24). The highest BCUT2D eigenvalue weighted by molar-refractivity contribution is 9.10. The lowest BCUT2D eigenvalue weighted by atomic mass is 10.1. The average molecular weight is 443 g/mol. The fourth-order valence-corrected chi connectivity index (χ4v) is 3.51. The Kier molecular flexibility index (Phi) is 6.50. The number of halogens is 2. The normalized spacial score (nSPS) is 10.3. The van der Waals surface area contributed by atoms with Crippen molar-refractivity contribution in [3.63, 3.8) is 0 Å². The zero-order valence-electron chi connectivity index (χ0n) is 14.4. The van der Waals surface area contributed by atoms with Crippen LogP contribution < -0.4 is 14.8 Å². The molecule has 0 aliphatic carbocycles. The second-order valence-electron chi connectivity index (χ2n) is 5.57. The fourth-order valence-electron chi connectivity index (χ4n) is 2.43. The molecule has 2 N–H and O–H groups in total. The molecule has 0 saturated heterocycles. The summed E-state index contributed by atoms with van der Waals surface area (Å²) in [5.74, 6) is -0.901. The van der Waals surface area contributed by atoms with Gasteiger partial charge in [0.05, 0.1) is 27.9 Å². The first-order valence-corrected chi connectivity index (χ1v) is 8.70. The van der Waals surface area contributed by atoms with E-state index < -0.39 is 11.9 Å². The largest absolute Gasteiger partial charge is 0.493 e. The van der Waals surface area contributed by atoms with Gasteiger partial charge in [-0.05, 0) is 59.1 Å². The van der Waals surface area contributed by atoms with E-state index in [-0.39, 0.29) is 28.6 Å². The molecule has 0 saturated carbocycles. The molecule has 0 aromatic heterocycles. The Bertz CT molecular complexity index is 846. The Balaban J connectivity index is 2.17.